The van der Waals surface area contributed by atoms with Gasteiger partial charge in [0.1, 0.15) is 11.5 Å². The summed E-state index contributed by atoms with van der Waals surface area (Å²) < 4.78 is 12.9. The number of ketones is 1. The zero-order chi connectivity index (χ0) is 18.5. The molecule has 0 saturated carbocycles. The molecule has 7 heteroatoms. The van der Waals surface area contributed by atoms with E-state index in [4.69, 9.17) is 0 Å². The summed E-state index contributed by atoms with van der Waals surface area (Å²) in [5.41, 5.74) is 1.74. The fraction of sp³-hybridized carbons (Fsp3) is 0.0526. The van der Waals surface area contributed by atoms with Gasteiger partial charge < -0.3 is 10.6 Å². The summed E-state index contributed by atoms with van der Waals surface area (Å²) in [7, 11) is 0. The lowest BCUT2D eigenvalue weighted by Gasteiger charge is -2.08. The number of nitrogens with one attached hydrogen (secondary N) is 2. The van der Waals surface area contributed by atoms with Crippen LogP contribution in [0.25, 0.3) is 0 Å². The second-order valence-electron chi connectivity index (χ2n) is 5.49. The lowest BCUT2D eigenvalue weighted by atomic mass is 10.1. The summed E-state index contributed by atoms with van der Waals surface area (Å²) in [6, 6.07) is 13.8. The highest BCUT2D eigenvalue weighted by molar-refractivity contribution is 6.04. The third-order valence-electron chi connectivity index (χ3n) is 3.52. The molecule has 0 unspecified atom stereocenters. The van der Waals surface area contributed by atoms with Gasteiger partial charge in [-0.05, 0) is 49.4 Å². The molecule has 26 heavy (non-hydrogen) atoms. The van der Waals surface area contributed by atoms with Gasteiger partial charge in [-0.25, -0.2) is 14.4 Å². The van der Waals surface area contributed by atoms with E-state index in [9.17, 15) is 14.0 Å². The third-order valence-corrected chi connectivity index (χ3v) is 3.52. The van der Waals surface area contributed by atoms with Gasteiger partial charge in [-0.15, -0.1) is 0 Å². The fourth-order valence-corrected chi connectivity index (χ4v) is 2.22. The molecule has 0 aliphatic heterocycles. The van der Waals surface area contributed by atoms with E-state index in [1.807, 2.05) is 0 Å². The van der Waals surface area contributed by atoms with Crippen LogP contribution in [0.15, 0.2) is 60.8 Å². The average Bonchev–Trinajstić information content (AvgIpc) is 2.64. The molecule has 1 heterocycles. The van der Waals surface area contributed by atoms with Crippen molar-refractivity contribution in [2.45, 2.75) is 6.92 Å². The number of carbonyl (C=O) groups is 2. The van der Waals surface area contributed by atoms with Crippen LogP contribution >= 0.6 is 0 Å². The zero-order valence-electron chi connectivity index (χ0n) is 13.9. The Labute approximate surface area is 149 Å². The molecule has 0 saturated heterocycles. The van der Waals surface area contributed by atoms with Crippen molar-refractivity contribution in [1.29, 1.82) is 0 Å². The van der Waals surface area contributed by atoms with Crippen molar-refractivity contribution in [2.75, 3.05) is 10.6 Å². The second-order valence-corrected chi connectivity index (χ2v) is 5.49. The van der Waals surface area contributed by atoms with Gasteiger partial charge >= 0.3 is 0 Å². The third kappa shape index (κ3) is 4.27. The van der Waals surface area contributed by atoms with E-state index < -0.39 is 5.91 Å². The minimum absolute atomic E-state index is 0.0890. The van der Waals surface area contributed by atoms with Crippen LogP contribution in [0.2, 0.25) is 0 Å². The Kier molecular flexibility index (Phi) is 4.98. The lowest BCUT2D eigenvalue weighted by molar-refractivity contribution is 0.100. The Balaban J connectivity index is 1.74. The highest BCUT2D eigenvalue weighted by Crippen LogP contribution is 2.15. The number of nitrogens with zero attached hydrogens (tertiary/aromatic N) is 2. The number of Topliss-reactive ketones (excluding diaryl/α,β-unsaturated/α-hetero) is 1. The van der Waals surface area contributed by atoms with Crippen molar-refractivity contribution in [3.05, 3.63) is 77.9 Å². The Morgan fingerprint density at radius 1 is 1.00 bits per heavy atom. The normalized spacial score (nSPS) is 10.2. The Hall–Kier alpha value is -3.61. The Morgan fingerprint density at radius 3 is 2.50 bits per heavy atom. The standard InChI is InChI=1S/C19H15FN4O2/c1-12(25)13-3-2-4-16(11-13)22-18(26)17-9-10-21-19(24-17)23-15-7-5-14(20)6-8-15/h2-11H,1H3,(H,22,26)(H,21,23,24). The van der Waals surface area contributed by atoms with Crippen molar-refractivity contribution in [1.82, 2.24) is 9.97 Å². The van der Waals surface area contributed by atoms with Crippen molar-refractivity contribution in [2.24, 2.45) is 0 Å². The van der Waals surface area contributed by atoms with Crippen LogP contribution in [0.5, 0.6) is 0 Å². The monoisotopic (exact) mass is 350 g/mol. The van der Waals surface area contributed by atoms with Crippen LogP contribution in [-0.4, -0.2) is 21.7 Å². The number of rotatable bonds is 5. The minimum Gasteiger partial charge on any atom is -0.324 e. The molecular weight excluding hydrogens is 335 g/mol. The molecule has 3 rings (SSSR count). The summed E-state index contributed by atoms with van der Waals surface area (Å²) in [5, 5.41) is 5.59. The molecule has 1 amide bonds. The predicted molar refractivity (Wildman–Crippen MR) is 96.1 cm³/mol. The Morgan fingerprint density at radius 2 is 1.77 bits per heavy atom. The number of hydrogen-bond donors (Lipinski definition) is 2. The number of benzene rings is 2. The molecular formula is C19H15FN4O2. The van der Waals surface area contributed by atoms with Crippen LogP contribution in [0.1, 0.15) is 27.8 Å². The molecule has 0 bridgehead atoms. The molecule has 0 spiro atoms. The van der Waals surface area contributed by atoms with Crippen molar-refractivity contribution < 1.29 is 14.0 Å². The van der Waals surface area contributed by atoms with Gasteiger partial charge in [0.2, 0.25) is 5.95 Å². The summed E-state index contributed by atoms with van der Waals surface area (Å²) >= 11 is 0. The number of anilines is 3. The number of amides is 1. The SMILES string of the molecule is CC(=O)c1cccc(NC(=O)c2ccnc(Nc3ccc(F)cc3)n2)c1. The summed E-state index contributed by atoms with van der Waals surface area (Å²) in [4.78, 5) is 32.0. The quantitative estimate of drug-likeness (QED) is 0.684. The molecule has 1 aromatic heterocycles. The second kappa shape index (κ2) is 7.52. The van der Waals surface area contributed by atoms with E-state index in [1.54, 1.807) is 36.4 Å². The average molecular weight is 350 g/mol. The predicted octanol–water partition coefficient (Wildman–Crippen LogP) is 3.81. The smallest absolute Gasteiger partial charge is 0.274 e. The lowest BCUT2D eigenvalue weighted by Crippen LogP contribution is -2.15. The van der Waals surface area contributed by atoms with Gasteiger partial charge in [0, 0.05) is 23.1 Å². The maximum atomic E-state index is 12.9. The van der Waals surface area contributed by atoms with Crippen LogP contribution in [0.4, 0.5) is 21.7 Å². The van der Waals surface area contributed by atoms with Crippen LogP contribution in [-0.2, 0) is 0 Å². The highest BCUT2D eigenvalue weighted by atomic mass is 19.1. The molecule has 2 aromatic carbocycles. The first-order valence-electron chi connectivity index (χ1n) is 7.79. The van der Waals surface area contributed by atoms with Gasteiger partial charge in [-0.3, -0.25) is 9.59 Å². The number of aromatic nitrogens is 2. The highest BCUT2D eigenvalue weighted by Gasteiger charge is 2.10. The van der Waals surface area contributed by atoms with Gasteiger partial charge in [0.05, 0.1) is 0 Å². The van der Waals surface area contributed by atoms with Crippen LogP contribution in [0.3, 0.4) is 0 Å². The molecule has 0 atom stereocenters. The molecule has 0 aliphatic carbocycles. The molecule has 0 aliphatic rings. The van der Waals surface area contributed by atoms with Gasteiger partial charge in [0.15, 0.2) is 5.78 Å². The molecule has 130 valence electrons. The minimum atomic E-state index is -0.435. The topological polar surface area (TPSA) is 84.0 Å². The summed E-state index contributed by atoms with van der Waals surface area (Å²) in [5.74, 6) is -0.664. The molecule has 2 N–H and O–H groups in total. The van der Waals surface area contributed by atoms with Gasteiger partial charge in [-0.1, -0.05) is 12.1 Å². The first-order valence-corrected chi connectivity index (χ1v) is 7.79. The first kappa shape index (κ1) is 17.2. The number of halogens is 1. The van der Waals surface area contributed by atoms with Gasteiger partial charge in [-0.2, -0.15) is 0 Å². The van der Waals surface area contributed by atoms with E-state index in [0.29, 0.717) is 16.9 Å². The van der Waals surface area contributed by atoms with Crippen LogP contribution in [0, 0.1) is 5.82 Å². The van der Waals surface area contributed by atoms with E-state index in [0.717, 1.165) is 0 Å². The Bertz CT molecular complexity index is 958. The van der Waals surface area contributed by atoms with E-state index in [-0.39, 0.29) is 23.2 Å². The largest absolute Gasteiger partial charge is 0.324 e. The maximum absolute atomic E-state index is 12.9. The first-order chi connectivity index (χ1) is 12.5. The summed E-state index contributed by atoms with van der Waals surface area (Å²) in [6.07, 6.45) is 1.44. The van der Waals surface area contributed by atoms with Crippen molar-refractivity contribution in [3.63, 3.8) is 0 Å². The number of hydrogen-bond acceptors (Lipinski definition) is 5. The zero-order valence-corrected chi connectivity index (χ0v) is 13.9. The van der Waals surface area contributed by atoms with E-state index in [1.165, 1.54) is 31.3 Å². The number of carbonyl (C=O) groups excluding carboxylic acids is 2. The molecule has 0 radical (unpaired) electrons. The van der Waals surface area contributed by atoms with Crippen molar-refractivity contribution in [3.8, 4) is 0 Å². The summed E-state index contributed by atoms with van der Waals surface area (Å²) in [6.45, 7) is 1.46. The fourth-order valence-electron chi connectivity index (χ4n) is 2.22. The van der Waals surface area contributed by atoms with E-state index in [2.05, 4.69) is 20.6 Å². The maximum Gasteiger partial charge on any atom is 0.274 e. The molecule has 3 aromatic rings. The van der Waals surface area contributed by atoms with Gasteiger partial charge in [0.25, 0.3) is 5.91 Å². The van der Waals surface area contributed by atoms with E-state index >= 15 is 0 Å². The van der Waals surface area contributed by atoms with Crippen LogP contribution < -0.4 is 10.6 Å². The molecule has 6 nitrogen and oxygen atoms in total. The molecule has 0 fully saturated rings. The van der Waals surface area contributed by atoms with Crippen molar-refractivity contribution >= 4 is 29.0 Å².